The van der Waals surface area contributed by atoms with Gasteiger partial charge >= 0.3 is 6.03 Å². The highest BCUT2D eigenvalue weighted by atomic mass is 16.6. The molecule has 0 spiro atoms. The number of hydrogen-bond donors (Lipinski definition) is 3. The zero-order chi connectivity index (χ0) is 23.6. The third-order valence-electron chi connectivity index (χ3n) is 4.89. The second kappa shape index (κ2) is 11.9. The molecule has 1 aromatic heterocycles. The van der Waals surface area contributed by atoms with Gasteiger partial charge in [-0.3, -0.25) is 0 Å². The summed E-state index contributed by atoms with van der Waals surface area (Å²) < 4.78 is 5.63. The SMILES string of the molecule is CC(C)Oc1ccc(NC(=O)N2CCN(c3ncnc(N)c3/C=N/OCCCO)CC2)cc1. The van der Waals surface area contributed by atoms with Crippen molar-refractivity contribution in [3.8, 4) is 5.75 Å². The number of hydrogen-bond acceptors (Lipinski definition) is 9. The molecule has 4 N–H and O–H groups in total. The number of nitrogens with two attached hydrogens (primary N) is 1. The first-order valence-electron chi connectivity index (χ1n) is 10.9. The van der Waals surface area contributed by atoms with Crippen LogP contribution in [0.25, 0.3) is 0 Å². The zero-order valence-electron chi connectivity index (χ0n) is 19.0. The predicted molar refractivity (Wildman–Crippen MR) is 127 cm³/mol. The Kier molecular flexibility index (Phi) is 8.64. The van der Waals surface area contributed by atoms with Crippen molar-refractivity contribution in [2.75, 3.05) is 55.3 Å². The van der Waals surface area contributed by atoms with Crippen LogP contribution >= 0.6 is 0 Å². The van der Waals surface area contributed by atoms with Gasteiger partial charge < -0.3 is 35.5 Å². The van der Waals surface area contributed by atoms with Gasteiger partial charge in [-0.2, -0.15) is 0 Å². The van der Waals surface area contributed by atoms with Gasteiger partial charge in [0, 0.05) is 44.9 Å². The fourth-order valence-electron chi connectivity index (χ4n) is 3.26. The van der Waals surface area contributed by atoms with Crippen LogP contribution in [0.4, 0.5) is 22.1 Å². The molecule has 2 aromatic rings. The number of urea groups is 1. The number of nitrogens with one attached hydrogen (secondary N) is 1. The highest BCUT2D eigenvalue weighted by Crippen LogP contribution is 2.22. The topological polar surface area (TPSA) is 138 Å². The van der Waals surface area contributed by atoms with E-state index in [2.05, 4.69) is 20.4 Å². The van der Waals surface area contributed by atoms with E-state index in [9.17, 15) is 4.79 Å². The van der Waals surface area contributed by atoms with Crippen LogP contribution in [0.15, 0.2) is 35.7 Å². The number of aliphatic hydroxyl groups excluding tert-OH is 1. The summed E-state index contributed by atoms with van der Waals surface area (Å²) >= 11 is 0. The fraction of sp³-hybridized carbons (Fsp3) is 0.455. The summed E-state index contributed by atoms with van der Waals surface area (Å²) in [6.07, 6.45) is 3.47. The van der Waals surface area contributed by atoms with E-state index in [1.54, 1.807) is 4.90 Å². The number of rotatable bonds is 9. The molecule has 1 fully saturated rings. The first-order valence-corrected chi connectivity index (χ1v) is 10.9. The average Bonchev–Trinajstić information content (AvgIpc) is 2.81. The maximum Gasteiger partial charge on any atom is 0.321 e. The van der Waals surface area contributed by atoms with Gasteiger partial charge in [-0.1, -0.05) is 5.16 Å². The van der Waals surface area contributed by atoms with Crippen molar-refractivity contribution < 1.29 is 19.5 Å². The number of amides is 2. The van der Waals surface area contributed by atoms with Crippen molar-refractivity contribution in [1.82, 2.24) is 14.9 Å². The molecule has 178 valence electrons. The Hall–Kier alpha value is -3.60. The van der Waals surface area contributed by atoms with E-state index >= 15 is 0 Å². The monoisotopic (exact) mass is 457 g/mol. The van der Waals surface area contributed by atoms with Crippen LogP contribution in [0.3, 0.4) is 0 Å². The van der Waals surface area contributed by atoms with Gasteiger partial charge in [0.2, 0.25) is 0 Å². The second-order valence-electron chi connectivity index (χ2n) is 7.74. The number of piperazine rings is 1. The quantitative estimate of drug-likeness (QED) is 0.295. The molecule has 33 heavy (non-hydrogen) atoms. The Morgan fingerprint density at radius 2 is 1.97 bits per heavy atom. The molecular formula is C22H31N7O4. The van der Waals surface area contributed by atoms with Gasteiger partial charge in [0.1, 0.15) is 30.3 Å². The van der Waals surface area contributed by atoms with Gasteiger partial charge in [0.25, 0.3) is 0 Å². The molecule has 2 heterocycles. The van der Waals surface area contributed by atoms with E-state index in [4.69, 9.17) is 20.4 Å². The van der Waals surface area contributed by atoms with Gasteiger partial charge in [-0.15, -0.1) is 0 Å². The summed E-state index contributed by atoms with van der Waals surface area (Å²) in [4.78, 5) is 30.0. The van der Waals surface area contributed by atoms with Crippen LogP contribution in [0.1, 0.15) is 25.8 Å². The summed E-state index contributed by atoms with van der Waals surface area (Å²) in [5.41, 5.74) is 7.29. The highest BCUT2D eigenvalue weighted by molar-refractivity contribution is 5.92. The number of carbonyl (C=O) groups excluding carboxylic acids is 1. The van der Waals surface area contributed by atoms with Crippen molar-refractivity contribution in [3.63, 3.8) is 0 Å². The molecule has 0 aliphatic carbocycles. The summed E-state index contributed by atoms with van der Waals surface area (Å²) in [7, 11) is 0. The Morgan fingerprint density at radius 1 is 1.24 bits per heavy atom. The molecular weight excluding hydrogens is 426 g/mol. The van der Waals surface area contributed by atoms with Gasteiger partial charge in [0.05, 0.1) is 17.9 Å². The minimum absolute atomic E-state index is 0.0348. The third-order valence-corrected chi connectivity index (χ3v) is 4.89. The molecule has 0 bridgehead atoms. The molecule has 0 saturated carbocycles. The number of aliphatic hydroxyl groups is 1. The number of oxime groups is 1. The van der Waals surface area contributed by atoms with Crippen LogP contribution in [-0.4, -0.2) is 77.7 Å². The van der Waals surface area contributed by atoms with E-state index in [0.29, 0.717) is 62.1 Å². The van der Waals surface area contributed by atoms with E-state index in [1.807, 2.05) is 43.0 Å². The summed E-state index contributed by atoms with van der Waals surface area (Å²) in [6, 6.07) is 7.16. The van der Waals surface area contributed by atoms with E-state index in [1.165, 1.54) is 12.5 Å². The number of aromatic nitrogens is 2. The maximum atomic E-state index is 12.7. The number of ether oxygens (including phenoxy) is 1. The molecule has 1 saturated heterocycles. The molecule has 11 heteroatoms. The largest absolute Gasteiger partial charge is 0.491 e. The molecule has 0 atom stereocenters. The van der Waals surface area contributed by atoms with Crippen molar-refractivity contribution >= 4 is 29.6 Å². The molecule has 1 aliphatic heterocycles. The lowest BCUT2D eigenvalue weighted by Gasteiger charge is -2.35. The van der Waals surface area contributed by atoms with Crippen LogP contribution < -0.4 is 20.7 Å². The van der Waals surface area contributed by atoms with E-state index < -0.39 is 0 Å². The number of carbonyl (C=O) groups is 1. The number of anilines is 3. The average molecular weight is 458 g/mol. The lowest BCUT2D eigenvalue weighted by molar-refractivity contribution is 0.125. The standard InChI is InChI=1S/C22H31N7O4/c1-16(2)33-18-6-4-17(5-7-18)27-22(31)29-10-8-28(9-11-29)21-19(20(23)24-15-25-21)14-26-32-13-3-12-30/h4-7,14-16,30H,3,8-13H2,1-2H3,(H,27,31)(H2,23,24,25)/b26-14+. The van der Waals surface area contributed by atoms with Crippen LogP contribution in [0.5, 0.6) is 5.75 Å². The van der Waals surface area contributed by atoms with E-state index in [0.717, 1.165) is 5.75 Å². The summed E-state index contributed by atoms with van der Waals surface area (Å²) in [6.45, 7) is 6.47. The molecule has 0 unspecified atom stereocenters. The minimum atomic E-state index is -0.159. The molecule has 1 aliphatic rings. The maximum absolute atomic E-state index is 12.7. The molecule has 11 nitrogen and oxygen atoms in total. The second-order valence-corrected chi connectivity index (χ2v) is 7.74. The van der Waals surface area contributed by atoms with E-state index in [-0.39, 0.29) is 18.7 Å². The minimum Gasteiger partial charge on any atom is -0.491 e. The van der Waals surface area contributed by atoms with Crippen molar-refractivity contribution in [2.24, 2.45) is 5.16 Å². The third kappa shape index (κ3) is 6.94. The van der Waals surface area contributed by atoms with Crippen molar-refractivity contribution in [3.05, 3.63) is 36.2 Å². The van der Waals surface area contributed by atoms with Crippen LogP contribution in [0.2, 0.25) is 0 Å². The lowest BCUT2D eigenvalue weighted by atomic mass is 10.2. The number of nitrogens with zero attached hydrogens (tertiary/aromatic N) is 5. The predicted octanol–water partition coefficient (Wildman–Crippen LogP) is 1.93. The Morgan fingerprint density at radius 3 is 2.64 bits per heavy atom. The number of nitrogen functional groups attached to an aromatic ring is 1. The smallest absolute Gasteiger partial charge is 0.321 e. The zero-order valence-corrected chi connectivity index (χ0v) is 19.0. The highest BCUT2D eigenvalue weighted by Gasteiger charge is 2.24. The Balaban J connectivity index is 1.56. The molecule has 2 amide bonds. The lowest BCUT2D eigenvalue weighted by Crippen LogP contribution is -2.50. The van der Waals surface area contributed by atoms with Crippen molar-refractivity contribution in [2.45, 2.75) is 26.4 Å². The van der Waals surface area contributed by atoms with Gasteiger partial charge in [0.15, 0.2) is 0 Å². The van der Waals surface area contributed by atoms with Crippen molar-refractivity contribution in [1.29, 1.82) is 0 Å². The Labute approximate surface area is 193 Å². The fourth-order valence-corrected chi connectivity index (χ4v) is 3.26. The first-order chi connectivity index (χ1) is 16.0. The van der Waals surface area contributed by atoms with Gasteiger partial charge in [-0.25, -0.2) is 14.8 Å². The number of benzene rings is 1. The van der Waals surface area contributed by atoms with Crippen LogP contribution in [0, 0.1) is 0 Å². The molecule has 0 radical (unpaired) electrons. The normalized spacial score (nSPS) is 14.1. The summed E-state index contributed by atoms with van der Waals surface area (Å²) in [5, 5.41) is 15.6. The Bertz CT molecular complexity index is 929. The summed E-state index contributed by atoms with van der Waals surface area (Å²) in [5.74, 6) is 1.69. The van der Waals surface area contributed by atoms with Crippen LogP contribution in [-0.2, 0) is 4.84 Å². The molecule has 3 rings (SSSR count). The molecule has 1 aromatic carbocycles. The van der Waals surface area contributed by atoms with Gasteiger partial charge in [-0.05, 0) is 38.1 Å². The first kappa shape index (κ1) is 24.1.